The van der Waals surface area contributed by atoms with E-state index in [4.69, 9.17) is 4.52 Å². The maximum atomic E-state index is 11.9. The van der Waals surface area contributed by atoms with E-state index in [9.17, 15) is 4.79 Å². The molecule has 0 bridgehead atoms. The highest BCUT2D eigenvalue weighted by Gasteiger charge is 2.20. The van der Waals surface area contributed by atoms with E-state index in [1.165, 1.54) is 11.3 Å². The van der Waals surface area contributed by atoms with E-state index in [0.717, 1.165) is 62.2 Å². The fourth-order valence-corrected chi connectivity index (χ4v) is 3.62. The van der Waals surface area contributed by atoms with Gasteiger partial charge in [0.1, 0.15) is 6.26 Å². The maximum Gasteiger partial charge on any atom is 0.261 e. The first kappa shape index (κ1) is 22.6. The van der Waals surface area contributed by atoms with Crippen LogP contribution in [-0.2, 0) is 6.54 Å². The summed E-state index contributed by atoms with van der Waals surface area (Å²) in [5.41, 5.74) is 0.968. The van der Waals surface area contributed by atoms with Crippen molar-refractivity contribution in [3.8, 4) is 0 Å². The lowest BCUT2D eigenvalue weighted by Gasteiger charge is -2.36. The first-order chi connectivity index (χ1) is 13.3. The van der Waals surface area contributed by atoms with Crippen LogP contribution in [0.5, 0.6) is 0 Å². The van der Waals surface area contributed by atoms with Crippen LogP contribution in [0.2, 0.25) is 0 Å². The van der Waals surface area contributed by atoms with E-state index in [-0.39, 0.29) is 29.9 Å². The van der Waals surface area contributed by atoms with Gasteiger partial charge >= 0.3 is 0 Å². The Bertz CT molecular complexity index is 715. The van der Waals surface area contributed by atoms with Gasteiger partial charge in [0.2, 0.25) is 0 Å². The van der Waals surface area contributed by atoms with Gasteiger partial charge in [0.25, 0.3) is 5.91 Å². The molecule has 28 heavy (non-hydrogen) atoms. The van der Waals surface area contributed by atoms with Gasteiger partial charge < -0.3 is 20.1 Å². The van der Waals surface area contributed by atoms with E-state index < -0.39 is 0 Å². The van der Waals surface area contributed by atoms with Crippen LogP contribution in [0.1, 0.15) is 21.8 Å². The van der Waals surface area contributed by atoms with E-state index in [0.29, 0.717) is 6.54 Å². The predicted molar refractivity (Wildman–Crippen MR) is 121 cm³/mol. The van der Waals surface area contributed by atoms with Gasteiger partial charge in [0.05, 0.1) is 10.6 Å². The molecular weight excluding hydrogens is 491 g/mol. The topological polar surface area (TPSA) is 86.0 Å². The van der Waals surface area contributed by atoms with Gasteiger partial charge in [0, 0.05) is 58.9 Å². The summed E-state index contributed by atoms with van der Waals surface area (Å²) in [7, 11) is 1.81. The molecule has 1 amide bonds. The summed E-state index contributed by atoms with van der Waals surface area (Å²) in [6.45, 7) is 6.01. The number of hydrogen-bond donors (Lipinski definition) is 2. The molecule has 154 valence electrons. The Morgan fingerprint density at radius 1 is 1.25 bits per heavy atom. The van der Waals surface area contributed by atoms with Crippen molar-refractivity contribution < 1.29 is 9.32 Å². The lowest BCUT2D eigenvalue weighted by atomic mass is 10.3. The number of nitrogens with zero attached hydrogens (tertiary/aromatic N) is 4. The van der Waals surface area contributed by atoms with Gasteiger partial charge in [0.15, 0.2) is 5.96 Å². The second-order valence-corrected chi connectivity index (χ2v) is 7.26. The number of amides is 1. The Balaban J connectivity index is 0.00000280. The average molecular weight is 518 g/mol. The number of piperazine rings is 1. The first-order valence-electron chi connectivity index (χ1n) is 9.15. The minimum atomic E-state index is -0.00221. The summed E-state index contributed by atoms with van der Waals surface area (Å²) in [4.78, 5) is 21.7. The average Bonchev–Trinajstić information content (AvgIpc) is 3.39. The molecule has 0 spiro atoms. The SMILES string of the molecule is CN=C(NCCCNC(=O)c1cccs1)N1CCN(Cc2ccon2)CC1.I. The number of rotatable bonds is 7. The van der Waals surface area contributed by atoms with Crippen LogP contribution in [0, 0.1) is 0 Å². The Morgan fingerprint density at radius 2 is 2.04 bits per heavy atom. The van der Waals surface area contributed by atoms with E-state index >= 15 is 0 Å². The zero-order chi connectivity index (χ0) is 18.9. The molecule has 1 fully saturated rings. The molecule has 0 unspecified atom stereocenters. The molecule has 1 aliphatic heterocycles. The number of halogens is 1. The standard InChI is InChI=1S/C18H26N6O2S.HI/c1-19-18(21-7-3-6-20-17(25)16-4-2-13-27-16)24-10-8-23(9-11-24)14-15-5-12-26-22-15;/h2,4-5,12-13H,3,6-11,14H2,1H3,(H,19,21)(H,20,25);1H. The molecule has 10 heteroatoms. The number of hydrogen-bond acceptors (Lipinski definition) is 6. The molecule has 2 aromatic rings. The summed E-state index contributed by atoms with van der Waals surface area (Å²) in [6, 6.07) is 5.63. The van der Waals surface area contributed by atoms with Gasteiger partial charge in [-0.15, -0.1) is 35.3 Å². The van der Waals surface area contributed by atoms with Crippen LogP contribution < -0.4 is 10.6 Å². The minimum absolute atomic E-state index is 0. The van der Waals surface area contributed by atoms with Gasteiger partial charge in [-0.25, -0.2) is 0 Å². The maximum absolute atomic E-state index is 11.9. The number of nitrogens with one attached hydrogen (secondary N) is 2. The summed E-state index contributed by atoms with van der Waals surface area (Å²) in [5.74, 6) is 0.915. The molecule has 1 aliphatic rings. The molecular formula is C18H27IN6O2S. The highest BCUT2D eigenvalue weighted by atomic mass is 127. The van der Waals surface area contributed by atoms with Crippen LogP contribution in [0.3, 0.4) is 0 Å². The second kappa shape index (κ2) is 12.0. The number of guanidine groups is 1. The normalized spacial score (nSPS) is 15.2. The van der Waals surface area contributed by atoms with Crippen LogP contribution in [0.15, 0.2) is 39.4 Å². The number of aromatic nitrogens is 1. The van der Waals surface area contributed by atoms with Gasteiger partial charge in [-0.3, -0.25) is 14.7 Å². The molecule has 0 radical (unpaired) electrons. The van der Waals surface area contributed by atoms with Crippen molar-refractivity contribution in [3.63, 3.8) is 0 Å². The molecule has 0 aliphatic carbocycles. The molecule has 1 saturated heterocycles. The van der Waals surface area contributed by atoms with Crippen molar-refractivity contribution in [2.24, 2.45) is 4.99 Å². The molecule has 2 aromatic heterocycles. The van der Waals surface area contributed by atoms with E-state index in [1.54, 1.807) is 6.26 Å². The molecule has 0 atom stereocenters. The van der Waals surface area contributed by atoms with Crippen LogP contribution in [-0.4, -0.2) is 73.1 Å². The third-order valence-electron chi connectivity index (χ3n) is 4.43. The number of carbonyl (C=O) groups excluding carboxylic acids is 1. The minimum Gasteiger partial charge on any atom is -0.364 e. The van der Waals surface area contributed by atoms with Crippen molar-refractivity contribution in [2.45, 2.75) is 13.0 Å². The molecule has 3 rings (SSSR count). The van der Waals surface area contributed by atoms with Gasteiger partial charge in [-0.1, -0.05) is 11.2 Å². The fourth-order valence-electron chi connectivity index (χ4n) is 2.98. The third kappa shape index (κ3) is 6.74. The lowest BCUT2D eigenvalue weighted by Crippen LogP contribution is -2.52. The number of carbonyl (C=O) groups is 1. The van der Waals surface area contributed by atoms with Crippen molar-refractivity contribution in [3.05, 3.63) is 40.4 Å². The third-order valence-corrected chi connectivity index (χ3v) is 5.30. The highest BCUT2D eigenvalue weighted by Crippen LogP contribution is 2.08. The predicted octanol–water partition coefficient (Wildman–Crippen LogP) is 1.87. The fraction of sp³-hybridized carbons (Fsp3) is 0.500. The van der Waals surface area contributed by atoms with Crippen LogP contribution in [0.4, 0.5) is 0 Å². The second-order valence-electron chi connectivity index (χ2n) is 6.31. The van der Waals surface area contributed by atoms with Crippen molar-refractivity contribution in [2.75, 3.05) is 46.3 Å². The Hall–Kier alpha value is -1.66. The zero-order valence-corrected chi connectivity index (χ0v) is 19.1. The van der Waals surface area contributed by atoms with Crippen molar-refractivity contribution in [1.29, 1.82) is 0 Å². The molecule has 8 nitrogen and oxygen atoms in total. The van der Waals surface area contributed by atoms with Crippen molar-refractivity contribution >= 4 is 47.2 Å². The van der Waals surface area contributed by atoms with Gasteiger partial charge in [-0.05, 0) is 17.9 Å². The molecule has 2 N–H and O–H groups in total. The summed E-state index contributed by atoms with van der Waals surface area (Å²) in [6.07, 6.45) is 2.46. The van der Waals surface area contributed by atoms with Crippen LogP contribution >= 0.6 is 35.3 Å². The lowest BCUT2D eigenvalue weighted by molar-refractivity contribution is 0.0957. The van der Waals surface area contributed by atoms with Crippen LogP contribution in [0.25, 0.3) is 0 Å². The van der Waals surface area contributed by atoms with Gasteiger partial charge in [-0.2, -0.15) is 0 Å². The monoisotopic (exact) mass is 518 g/mol. The Kier molecular flexibility index (Phi) is 9.71. The van der Waals surface area contributed by atoms with E-state index in [1.807, 2.05) is 30.6 Å². The summed E-state index contributed by atoms with van der Waals surface area (Å²) >= 11 is 1.46. The smallest absolute Gasteiger partial charge is 0.261 e. The quantitative estimate of drug-likeness (QED) is 0.252. The Morgan fingerprint density at radius 3 is 2.68 bits per heavy atom. The summed E-state index contributed by atoms with van der Waals surface area (Å²) in [5, 5.41) is 12.2. The molecule has 0 saturated carbocycles. The largest absolute Gasteiger partial charge is 0.364 e. The Labute approximate surface area is 186 Å². The molecule has 3 heterocycles. The number of aliphatic imine (C=N–C) groups is 1. The highest BCUT2D eigenvalue weighted by molar-refractivity contribution is 14.0. The van der Waals surface area contributed by atoms with Crippen molar-refractivity contribution in [1.82, 2.24) is 25.6 Å². The first-order valence-corrected chi connectivity index (χ1v) is 10.0. The number of thiophene rings is 1. The molecule has 0 aromatic carbocycles. The summed E-state index contributed by atoms with van der Waals surface area (Å²) < 4.78 is 4.89. The zero-order valence-electron chi connectivity index (χ0n) is 16.0. The van der Waals surface area contributed by atoms with E-state index in [2.05, 4.69) is 30.6 Å².